The van der Waals surface area contributed by atoms with E-state index in [0.717, 1.165) is 38.8 Å². The minimum absolute atomic E-state index is 0.00509. The Morgan fingerprint density at radius 1 is 1.43 bits per heavy atom. The number of amides is 3. The van der Waals surface area contributed by atoms with Crippen LogP contribution in [0.25, 0.3) is 0 Å². The molecule has 0 aromatic carbocycles. The summed E-state index contributed by atoms with van der Waals surface area (Å²) < 4.78 is 5.78. The number of carbonyl (C=O) groups excluding carboxylic acids is 2. The van der Waals surface area contributed by atoms with Crippen LogP contribution in [0.15, 0.2) is 0 Å². The molecule has 1 spiro atoms. The van der Waals surface area contributed by atoms with Crippen molar-refractivity contribution in [1.29, 1.82) is 0 Å². The minimum Gasteiger partial charge on any atom is -0.374 e. The van der Waals surface area contributed by atoms with Crippen molar-refractivity contribution >= 4 is 11.9 Å². The molecule has 6 nitrogen and oxygen atoms in total. The van der Waals surface area contributed by atoms with Gasteiger partial charge in [0.05, 0.1) is 19.3 Å². The van der Waals surface area contributed by atoms with Crippen LogP contribution in [-0.2, 0) is 9.53 Å². The van der Waals surface area contributed by atoms with Gasteiger partial charge in [-0.3, -0.25) is 10.1 Å². The summed E-state index contributed by atoms with van der Waals surface area (Å²) in [5, 5.41) is 2.53. The van der Waals surface area contributed by atoms with Crippen molar-refractivity contribution in [2.24, 2.45) is 5.92 Å². The third-order valence-electron chi connectivity index (χ3n) is 5.11. The Bertz CT molecular complexity index is 442. The predicted octanol–water partition coefficient (Wildman–Crippen LogP) is 0.818. The van der Waals surface area contributed by atoms with Crippen molar-refractivity contribution in [3.8, 4) is 0 Å². The number of imide groups is 1. The van der Waals surface area contributed by atoms with Crippen LogP contribution in [0.5, 0.6) is 0 Å². The Hall–Kier alpha value is -1.14. The van der Waals surface area contributed by atoms with Gasteiger partial charge in [-0.2, -0.15) is 0 Å². The quantitative estimate of drug-likeness (QED) is 0.766. The molecule has 1 aliphatic carbocycles. The van der Waals surface area contributed by atoms with Crippen LogP contribution >= 0.6 is 0 Å². The number of nitrogens with zero attached hydrogens (tertiary/aromatic N) is 2. The smallest absolute Gasteiger partial charge is 0.325 e. The molecule has 2 heterocycles. The van der Waals surface area contributed by atoms with Gasteiger partial charge in [-0.25, -0.2) is 4.79 Å². The molecule has 3 rings (SSSR count). The summed E-state index contributed by atoms with van der Waals surface area (Å²) >= 11 is 0. The topological polar surface area (TPSA) is 61.9 Å². The van der Waals surface area contributed by atoms with E-state index in [1.165, 1.54) is 0 Å². The standard InChI is InChI=1S/C15H25N3O3/c1-11-4-3-5-15(8-11)13(19)16-14(20)18(15)10-12-9-17(2)6-7-21-12/h11-12H,3-10H2,1-2H3,(H,16,19,20). The van der Waals surface area contributed by atoms with Gasteiger partial charge in [0.2, 0.25) is 0 Å². The van der Waals surface area contributed by atoms with Gasteiger partial charge in [-0.1, -0.05) is 19.8 Å². The second-order valence-corrected chi connectivity index (χ2v) is 6.86. The molecule has 1 saturated carbocycles. The molecule has 21 heavy (non-hydrogen) atoms. The van der Waals surface area contributed by atoms with E-state index < -0.39 is 5.54 Å². The fourth-order valence-corrected chi connectivity index (χ4v) is 4.01. The van der Waals surface area contributed by atoms with Gasteiger partial charge < -0.3 is 14.5 Å². The maximum Gasteiger partial charge on any atom is 0.325 e. The zero-order valence-electron chi connectivity index (χ0n) is 12.9. The maximum absolute atomic E-state index is 12.4. The van der Waals surface area contributed by atoms with Crippen LogP contribution < -0.4 is 5.32 Å². The third-order valence-corrected chi connectivity index (χ3v) is 5.11. The minimum atomic E-state index is -0.631. The molecular weight excluding hydrogens is 270 g/mol. The predicted molar refractivity (Wildman–Crippen MR) is 77.8 cm³/mol. The molecule has 1 N–H and O–H groups in total. The first-order valence-electron chi connectivity index (χ1n) is 7.94. The summed E-state index contributed by atoms with van der Waals surface area (Å²) in [5.41, 5.74) is -0.631. The fraction of sp³-hybridized carbons (Fsp3) is 0.867. The number of ether oxygens (including phenoxy) is 1. The Labute approximate surface area is 125 Å². The molecule has 3 unspecified atom stereocenters. The van der Waals surface area contributed by atoms with Crippen molar-refractivity contribution in [2.45, 2.75) is 44.2 Å². The molecule has 3 aliphatic rings. The highest BCUT2D eigenvalue weighted by Gasteiger charge is 2.54. The second-order valence-electron chi connectivity index (χ2n) is 6.86. The number of hydrogen-bond donors (Lipinski definition) is 1. The monoisotopic (exact) mass is 295 g/mol. The highest BCUT2D eigenvalue weighted by molar-refractivity contribution is 6.07. The zero-order chi connectivity index (χ0) is 15.0. The van der Waals surface area contributed by atoms with E-state index in [0.29, 0.717) is 19.1 Å². The SMILES string of the molecule is CC1CCCC2(C1)C(=O)NC(=O)N2CC1CN(C)CCO1. The first-order valence-corrected chi connectivity index (χ1v) is 7.94. The number of nitrogens with one attached hydrogen (secondary N) is 1. The lowest BCUT2D eigenvalue weighted by Crippen LogP contribution is -2.56. The van der Waals surface area contributed by atoms with Crippen molar-refractivity contribution in [3.05, 3.63) is 0 Å². The molecule has 0 radical (unpaired) electrons. The van der Waals surface area contributed by atoms with Crippen LogP contribution in [-0.4, -0.2) is 66.7 Å². The highest BCUT2D eigenvalue weighted by atomic mass is 16.5. The van der Waals surface area contributed by atoms with Crippen LogP contribution in [0.3, 0.4) is 0 Å². The van der Waals surface area contributed by atoms with Gasteiger partial charge in [-0.15, -0.1) is 0 Å². The molecule has 3 fully saturated rings. The van der Waals surface area contributed by atoms with Crippen LogP contribution in [0.1, 0.15) is 32.6 Å². The van der Waals surface area contributed by atoms with E-state index in [1.54, 1.807) is 4.90 Å². The number of likely N-dealkylation sites (N-methyl/N-ethyl adjacent to an activating group) is 1. The maximum atomic E-state index is 12.4. The van der Waals surface area contributed by atoms with Gasteiger partial charge in [0.15, 0.2) is 0 Å². The molecular formula is C15H25N3O3. The first kappa shape index (κ1) is 14.8. The Balaban J connectivity index is 1.77. The molecule has 6 heteroatoms. The van der Waals surface area contributed by atoms with Gasteiger partial charge in [0, 0.05) is 13.1 Å². The fourth-order valence-electron chi connectivity index (χ4n) is 4.01. The van der Waals surface area contributed by atoms with Gasteiger partial charge in [0.1, 0.15) is 5.54 Å². The lowest BCUT2D eigenvalue weighted by atomic mass is 9.75. The molecule has 0 aromatic heterocycles. The number of hydrogen-bond acceptors (Lipinski definition) is 4. The lowest BCUT2D eigenvalue weighted by Gasteiger charge is -2.42. The Kier molecular flexibility index (Phi) is 3.92. The molecule has 0 aromatic rings. The average Bonchev–Trinajstić information content (AvgIpc) is 2.63. The van der Waals surface area contributed by atoms with Gasteiger partial charge in [0.25, 0.3) is 5.91 Å². The van der Waals surface area contributed by atoms with Crippen molar-refractivity contribution < 1.29 is 14.3 Å². The summed E-state index contributed by atoms with van der Waals surface area (Å²) in [5.74, 6) is 0.371. The largest absolute Gasteiger partial charge is 0.374 e. The molecule has 2 saturated heterocycles. The Morgan fingerprint density at radius 3 is 2.95 bits per heavy atom. The average molecular weight is 295 g/mol. The summed E-state index contributed by atoms with van der Waals surface area (Å²) in [4.78, 5) is 28.6. The van der Waals surface area contributed by atoms with Crippen molar-refractivity contribution in [1.82, 2.24) is 15.1 Å². The van der Waals surface area contributed by atoms with Crippen molar-refractivity contribution in [3.63, 3.8) is 0 Å². The summed E-state index contributed by atoms with van der Waals surface area (Å²) in [6, 6.07) is -0.245. The molecule has 3 amide bonds. The normalized spacial score (nSPS) is 38.1. The molecule has 0 bridgehead atoms. The second kappa shape index (κ2) is 5.57. The van der Waals surface area contributed by atoms with E-state index in [4.69, 9.17) is 4.74 Å². The van der Waals surface area contributed by atoms with Gasteiger partial charge >= 0.3 is 6.03 Å². The first-order chi connectivity index (χ1) is 10.0. The lowest BCUT2D eigenvalue weighted by molar-refractivity contribution is -0.130. The number of morpholine rings is 1. The molecule has 3 atom stereocenters. The van der Waals surface area contributed by atoms with E-state index in [2.05, 4.69) is 24.2 Å². The van der Waals surface area contributed by atoms with Crippen LogP contribution in [0.4, 0.5) is 4.79 Å². The van der Waals surface area contributed by atoms with E-state index in [-0.39, 0.29) is 18.0 Å². The van der Waals surface area contributed by atoms with E-state index in [1.807, 2.05) is 0 Å². The van der Waals surface area contributed by atoms with Crippen LogP contribution in [0.2, 0.25) is 0 Å². The van der Waals surface area contributed by atoms with E-state index >= 15 is 0 Å². The summed E-state index contributed by atoms with van der Waals surface area (Å²) in [6.45, 7) is 5.09. The zero-order valence-corrected chi connectivity index (χ0v) is 12.9. The van der Waals surface area contributed by atoms with Crippen LogP contribution in [0, 0.1) is 5.92 Å². The summed E-state index contributed by atoms with van der Waals surface area (Å²) in [7, 11) is 2.06. The number of rotatable bonds is 2. The number of carbonyl (C=O) groups is 2. The van der Waals surface area contributed by atoms with Gasteiger partial charge in [-0.05, 0) is 25.8 Å². The summed E-state index contributed by atoms with van der Waals surface area (Å²) in [6.07, 6.45) is 3.68. The third kappa shape index (κ3) is 2.66. The number of urea groups is 1. The molecule has 2 aliphatic heterocycles. The van der Waals surface area contributed by atoms with E-state index in [9.17, 15) is 9.59 Å². The Morgan fingerprint density at radius 2 is 2.24 bits per heavy atom. The highest BCUT2D eigenvalue weighted by Crippen LogP contribution is 2.40. The molecule has 118 valence electrons. The van der Waals surface area contributed by atoms with Crippen molar-refractivity contribution in [2.75, 3.05) is 33.3 Å².